The van der Waals surface area contributed by atoms with Gasteiger partial charge in [-0.05, 0) is 48.7 Å². The van der Waals surface area contributed by atoms with Gasteiger partial charge in [0.25, 0.3) is 5.91 Å². The first-order valence-corrected chi connectivity index (χ1v) is 14.1. The van der Waals surface area contributed by atoms with Crippen molar-refractivity contribution < 1.29 is 26.4 Å². The molecule has 0 saturated carbocycles. The van der Waals surface area contributed by atoms with E-state index in [1.165, 1.54) is 12.3 Å². The molecular formula is C28H26F3N5O3S. The van der Waals surface area contributed by atoms with E-state index in [-0.39, 0.29) is 11.4 Å². The average molecular weight is 570 g/mol. The molecule has 1 fully saturated rings. The first-order chi connectivity index (χ1) is 19.1. The van der Waals surface area contributed by atoms with E-state index in [1.807, 2.05) is 11.0 Å². The maximum atomic E-state index is 13.7. The predicted molar refractivity (Wildman–Crippen MR) is 148 cm³/mol. The van der Waals surface area contributed by atoms with Gasteiger partial charge in [0.15, 0.2) is 0 Å². The number of rotatable bonds is 7. The highest BCUT2D eigenvalue weighted by atomic mass is 32.2. The summed E-state index contributed by atoms with van der Waals surface area (Å²) >= 11 is 0. The lowest BCUT2D eigenvalue weighted by Gasteiger charge is -2.32. The Bertz CT molecular complexity index is 1570. The largest absolute Gasteiger partial charge is 0.432 e. The Balaban J connectivity index is 1.23. The van der Waals surface area contributed by atoms with E-state index in [0.29, 0.717) is 43.0 Å². The van der Waals surface area contributed by atoms with Gasteiger partial charge in [-0.2, -0.15) is 13.2 Å². The van der Waals surface area contributed by atoms with Gasteiger partial charge in [0.2, 0.25) is 10.0 Å². The number of alkyl halides is 3. The van der Waals surface area contributed by atoms with Crippen molar-refractivity contribution in [3.8, 4) is 11.3 Å². The fraction of sp³-hybridized carbons (Fsp3) is 0.214. The second-order valence-electron chi connectivity index (χ2n) is 9.39. The molecule has 0 aliphatic carbocycles. The molecule has 4 aromatic rings. The van der Waals surface area contributed by atoms with E-state index < -0.39 is 38.6 Å². The molecule has 0 bridgehead atoms. The van der Waals surface area contributed by atoms with Crippen LogP contribution >= 0.6 is 0 Å². The Morgan fingerprint density at radius 2 is 1.57 bits per heavy atom. The van der Waals surface area contributed by atoms with Crippen LogP contribution < -0.4 is 14.9 Å². The lowest BCUT2D eigenvalue weighted by Crippen LogP contribution is -2.41. The quantitative estimate of drug-likeness (QED) is 0.262. The van der Waals surface area contributed by atoms with E-state index in [0.717, 1.165) is 0 Å². The van der Waals surface area contributed by atoms with Crippen LogP contribution in [0, 0.1) is 0 Å². The van der Waals surface area contributed by atoms with Gasteiger partial charge in [0.05, 0.1) is 22.7 Å². The predicted octanol–water partition coefficient (Wildman–Crippen LogP) is 5.76. The molecule has 1 saturated heterocycles. The van der Waals surface area contributed by atoms with E-state index in [1.54, 1.807) is 66.7 Å². The second-order valence-corrected chi connectivity index (χ2v) is 11.4. The molecule has 0 radical (unpaired) electrons. The summed E-state index contributed by atoms with van der Waals surface area (Å²) in [4.78, 5) is 21.4. The number of nitrogens with one attached hydrogen (secondary N) is 3. The molecule has 1 aliphatic rings. The summed E-state index contributed by atoms with van der Waals surface area (Å²) in [5.74, 6) is -0.342. The van der Waals surface area contributed by atoms with Crippen molar-refractivity contribution in [2.45, 2.75) is 24.3 Å². The number of aromatic nitrogens is 2. The zero-order valence-corrected chi connectivity index (χ0v) is 22.0. The van der Waals surface area contributed by atoms with Crippen molar-refractivity contribution in [1.29, 1.82) is 0 Å². The molecule has 8 nitrogen and oxygen atoms in total. The molecule has 3 N–H and O–H groups in total. The number of H-pyrrole nitrogens is 1. The minimum absolute atomic E-state index is 0.177. The minimum Gasteiger partial charge on any atom is -0.357 e. The van der Waals surface area contributed by atoms with Crippen LogP contribution in [0.3, 0.4) is 0 Å². The Labute approximate surface area is 229 Å². The van der Waals surface area contributed by atoms with Crippen molar-refractivity contribution in [3.63, 3.8) is 0 Å². The number of carbonyl (C=O) groups is 1. The molecule has 0 atom stereocenters. The first-order valence-electron chi connectivity index (χ1n) is 12.5. The van der Waals surface area contributed by atoms with E-state index >= 15 is 0 Å². The first kappa shape index (κ1) is 27.3. The smallest absolute Gasteiger partial charge is 0.357 e. The Hall–Kier alpha value is -4.32. The van der Waals surface area contributed by atoms with Crippen LogP contribution in [-0.2, 0) is 16.2 Å². The lowest BCUT2D eigenvalue weighted by molar-refractivity contribution is -0.141. The average Bonchev–Trinajstić information content (AvgIpc) is 3.41. The number of amides is 1. The van der Waals surface area contributed by atoms with Gasteiger partial charge >= 0.3 is 6.18 Å². The maximum Gasteiger partial charge on any atom is 0.432 e. The highest BCUT2D eigenvalue weighted by molar-refractivity contribution is 7.93. The molecule has 2 aromatic carbocycles. The fourth-order valence-corrected chi connectivity index (χ4v) is 6.09. The number of pyridine rings is 1. The molecule has 40 heavy (non-hydrogen) atoms. The third-order valence-electron chi connectivity index (χ3n) is 6.68. The molecule has 208 valence electrons. The topological polar surface area (TPSA) is 107 Å². The summed E-state index contributed by atoms with van der Waals surface area (Å²) in [6.07, 6.45) is -2.58. The number of hydrogen-bond acceptors (Lipinski definition) is 5. The normalized spacial score (nSPS) is 14.6. The number of sulfonamides is 1. The number of nitrogens with zero attached hydrogens (tertiary/aromatic N) is 2. The number of piperidine rings is 1. The molecule has 2 aromatic heterocycles. The zero-order chi connectivity index (χ0) is 28.3. The Morgan fingerprint density at radius 3 is 2.17 bits per heavy atom. The third kappa shape index (κ3) is 6.12. The number of halogens is 3. The number of anilines is 3. The van der Waals surface area contributed by atoms with Crippen LogP contribution in [0.25, 0.3) is 11.3 Å². The van der Waals surface area contributed by atoms with Crippen molar-refractivity contribution >= 4 is 33.1 Å². The number of hydrogen-bond donors (Lipinski definition) is 3. The summed E-state index contributed by atoms with van der Waals surface area (Å²) in [6.45, 7) is 0.916. The van der Waals surface area contributed by atoms with Crippen molar-refractivity contribution in [3.05, 3.63) is 96.3 Å². The molecular weight excluding hydrogens is 543 g/mol. The monoisotopic (exact) mass is 569 g/mol. The van der Waals surface area contributed by atoms with E-state index in [4.69, 9.17) is 0 Å². The van der Waals surface area contributed by atoms with Gasteiger partial charge in [0, 0.05) is 24.5 Å². The Kier molecular flexibility index (Phi) is 7.53. The van der Waals surface area contributed by atoms with Crippen LogP contribution in [0.4, 0.5) is 30.4 Å². The van der Waals surface area contributed by atoms with E-state index in [9.17, 15) is 26.4 Å². The number of para-hydroxylation sites is 1. The van der Waals surface area contributed by atoms with Crippen LogP contribution in [0.5, 0.6) is 0 Å². The van der Waals surface area contributed by atoms with Crippen LogP contribution in [-0.4, -0.2) is 42.6 Å². The van der Waals surface area contributed by atoms with Crippen LogP contribution in [0.2, 0.25) is 0 Å². The van der Waals surface area contributed by atoms with Gasteiger partial charge in [0.1, 0.15) is 11.5 Å². The number of benzene rings is 2. The molecule has 3 heterocycles. The summed E-state index contributed by atoms with van der Waals surface area (Å²) in [5.41, 5.74) is -0.214. The lowest BCUT2D eigenvalue weighted by atomic mass is 10.1. The van der Waals surface area contributed by atoms with Gasteiger partial charge in [-0.25, -0.2) is 13.4 Å². The molecule has 5 rings (SSSR count). The molecule has 1 aliphatic heterocycles. The maximum absolute atomic E-state index is 13.7. The SMILES string of the molecule is O=C(Nc1ccc(N2CCC(S(=O)(=O)Nc3ccccc3)CC2)nc1)c1cc(-c2ccccc2)[nH]c1C(F)(F)F. The molecule has 0 spiro atoms. The van der Waals surface area contributed by atoms with Crippen LogP contribution in [0.1, 0.15) is 28.9 Å². The summed E-state index contributed by atoms with van der Waals surface area (Å²) < 4.78 is 69.2. The summed E-state index contributed by atoms with van der Waals surface area (Å²) in [7, 11) is -3.55. The van der Waals surface area contributed by atoms with Gasteiger partial charge in [-0.3, -0.25) is 9.52 Å². The van der Waals surface area contributed by atoms with Crippen molar-refractivity contribution in [1.82, 2.24) is 9.97 Å². The Morgan fingerprint density at radius 1 is 0.925 bits per heavy atom. The second kappa shape index (κ2) is 11.0. The van der Waals surface area contributed by atoms with Crippen molar-refractivity contribution in [2.24, 2.45) is 0 Å². The number of carbonyl (C=O) groups excluding carboxylic acids is 1. The molecule has 1 amide bonds. The molecule has 12 heteroatoms. The van der Waals surface area contributed by atoms with Crippen LogP contribution in [0.15, 0.2) is 85.1 Å². The fourth-order valence-electron chi connectivity index (χ4n) is 4.62. The molecule has 0 unspecified atom stereocenters. The van der Waals surface area contributed by atoms with Gasteiger partial charge < -0.3 is 15.2 Å². The zero-order valence-electron chi connectivity index (χ0n) is 21.1. The summed E-state index contributed by atoms with van der Waals surface area (Å²) in [6, 6.07) is 21.5. The third-order valence-corrected chi connectivity index (χ3v) is 8.54. The van der Waals surface area contributed by atoms with Crippen molar-refractivity contribution in [2.75, 3.05) is 28.0 Å². The minimum atomic E-state index is -4.75. The highest BCUT2D eigenvalue weighted by Crippen LogP contribution is 2.35. The summed E-state index contributed by atoms with van der Waals surface area (Å²) in [5, 5.41) is 1.94. The number of aromatic amines is 1. The highest BCUT2D eigenvalue weighted by Gasteiger charge is 2.38. The standard InChI is InChI=1S/C28H26F3N5O3S/c29-28(30,31)26-23(17-24(34-26)19-7-3-1-4-8-19)27(37)33-21-11-12-25(32-18-21)36-15-13-22(14-16-36)40(38,39)35-20-9-5-2-6-10-20/h1-12,17-18,22,34-35H,13-16H2,(H,33,37). The van der Waals surface area contributed by atoms with Gasteiger partial charge in [-0.1, -0.05) is 48.5 Å². The van der Waals surface area contributed by atoms with Gasteiger partial charge in [-0.15, -0.1) is 0 Å². The van der Waals surface area contributed by atoms with E-state index in [2.05, 4.69) is 20.0 Å².